The number of sulfonamides is 1. The molecule has 1 rings (SSSR count). The summed E-state index contributed by atoms with van der Waals surface area (Å²) in [5, 5.41) is 3.76. The minimum atomic E-state index is -5.50. The fraction of sp³-hybridized carbons (Fsp3) is 0.417. The van der Waals surface area contributed by atoms with Crippen LogP contribution in [0.5, 0.6) is 0 Å². The van der Waals surface area contributed by atoms with Gasteiger partial charge in [-0.05, 0) is 25.7 Å². The molecule has 0 atom stereocenters. The average Bonchev–Trinajstić information content (AvgIpc) is 2.39. The molecule has 0 fully saturated rings. The predicted octanol–water partition coefficient (Wildman–Crippen LogP) is 3.32. The highest BCUT2D eigenvalue weighted by atomic mass is 32.2. The third-order valence-corrected chi connectivity index (χ3v) is 4.00. The number of anilines is 1. The molecule has 0 heterocycles. The molecule has 0 saturated carbocycles. The van der Waals surface area contributed by atoms with Gasteiger partial charge in [0.2, 0.25) is 0 Å². The van der Waals surface area contributed by atoms with E-state index in [0.29, 0.717) is 5.56 Å². The van der Waals surface area contributed by atoms with Gasteiger partial charge in [0.25, 0.3) is 0 Å². The highest BCUT2D eigenvalue weighted by Gasteiger charge is 2.46. The Kier molecular flexibility index (Phi) is 6.12. The topological polar surface area (TPSA) is 67.8 Å². The van der Waals surface area contributed by atoms with Crippen molar-refractivity contribution in [3.8, 4) is 0 Å². The lowest BCUT2D eigenvalue weighted by molar-refractivity contribution is -0.0429. The van der Waals surface area contributed by atoms with E-state index in [1.54, 1.807) is 17.0 Å². The van der Waals surface area contributed by atoms with Crippen molar-refractivity contribution >= 4 is 33.2 Å². The lowest BCUT2D eigenvalue weighted by Crippen LogP contribution is -2.30. The van der Waals surface area contributed by atoms with E-state index in [1.807, 2.05) is 0 Å². The summed E-state index contributed by atoms with van der Waals surface area (Å²) in [6.07, 6.45) is 1.79. The number of thioether (sulfide) groups is 1. The minimum Gasteiger partial charge on any atom is -0.385 e. The van der Waals surface area contributed by atoms with Crippen molar-refractivity contribution in [2.45, 2.75) is 19.4 Å². The van der Waals surface area contributed by atoms with E-state index >= 15 is 0 Å². The van der Waals surface area contributed by atoms with Crippen molar-refractivity contribution < 1.29 is 26.4 Å². The van der Waals surface area contributed by atoms with Crippen LogP contribution in [-0.2, 0) is 14.9 Å². The second-order valence-electron chi connectivity index (χ2n) is 4.26. The summed E-state index contributed by atoms with van der Waals surface area (Å²) in [6.45, 7) is 3.01. The first-order chi connectivity index (χ1) is 10.1. The van der Waals surface area contributed by atoms with Crippen molar-refractivity contribution in [3.05, 3.63) is 29.3 Å². The van der Waals surface area contributed by atoms with Crippen LogP contribution < -0.4 is 4.72 Å². The number of alkyl halides is 3. The molecule has 22 heavy (non-hydrogen) atoms. The summed E-state index contributed by atoms with van der Waals surface area (Å²) in [5.41, 5.74) is -4.75. The molecule has 1 aromatic rings. The van der Waals surface area contributed by atoms with Gasteiger partial charge in [-0.15, -0.1) is 11.8 Å². The van der Waals surface area contributed by atoms with Crippen LogP contribution in [0.3, 0.4) is 0 Å². The molecule has 0 spiro atoms. The predicted molar refractivity (Wildman–Crippen MR) is 81.5 cm³/mol. The van der Waals surface area contributed by atoms with Gasteiger partial charge in [0.15, 0.2) is 5.94 Å². The van der Waals surface area contributed by atoms with Crippen LogP contribution in [0.1, 0.15) is 18.1 Å². The maximum absolute atomic E-state index is 12.5. The highest BCUT2D eigenvalue weighted by Crippen LogP contribution is 2.29. The lowest BCUT2D eigenvalue weighted by Gasteiger charge is -2.16. The molecule has 0 unspecified atom stereocenters. The smallest absolute Gasteiger partial charge is 0.385 e. The Morgan fingerprint density at radius 1 is 1.41 bits per heavy atom. The van der Waals surface area contributed by atoms with Crippen LogP contribution in [0, 0.1) is 6.92 Å². The first-order valence-corrected chi connectivity index (χ1v) is 8.82. The summed E-state index contributed by atoms with van der Waals surface area (Å²) in [6, 6.07) is 4.54. The van der Waals surface area contributed by atoms with E-state index in [9.17, 15) is 21.6 Å². The molecule has 1 aromatic carbocycles. The van der Waals surface area contributed by atoms with Gasteiger partial charge in [0.1, 0.15) is 0 Å². The molecule has 1 N–H and O–H groups in total. The van der Waals surface area contributed by atoms with E-state index in [4.69, 9.17) is 4.84 Å². The molecule has 0 aliphatic rings. The SMILES string of the molecule is CSCON=C(C)c1cccc(C)c1NS(=O)(=O)C(F)(F)F. The van der Waals surface area contributed by atoms with Crippen LogP contribution in [0.15, 0.2) is 23.4 Å². The molecule has 10 heteroatoms. The fourth-order valence-electron chi connectivity index (χ4n) is 1.52. The first-order valence-electron chi connectivity index (χ1n) is 5.94. The van der Waals surface area contributed by atoms with Crippen LogP contribution in [0.25, 0.3) is 0 Å². The first kappa shape index (κ1) is 18.6. The normalized spacial score (nSPS) is 13.1. The third-order valence-electron chi connectivity index (χ3n) is 2.58. The summed E-state index contributed by atoms with van der Waals surface area (Å²) in [7, 11) is -5.50. The number of benzene rings is 1. The van der Waals surface area contributed by atoms with Gasteiger partial charge in [-0.2, -0.15) is 21.6 Å². The van der Waals surface area contributed by atoms with Crippen LogP contribution in [-0.4, -0.2) is 31.8 Å². The molecule has 0 bridgehead atoms. The van der Waals surface area contributed by atoms with Gasteiger partial charge in [0.05, 0.1) is 11.4 Å². The molecular formula is C12H15F3N2O3S2. The molecule has 124 valence electrons. The summed E-state index contributed by atoms with van der Waals surface area (Å²) in [4.78, 5) is 4.94. The number of nitrogens with zero attached hydrogens (tertiary/aromatic N) is 1. The standard InChI is InChI=1S/C12H15F3N2O3S2/c1-8-5-4-6-10(9(2)16-20-7-21-3)11(8)17-22(18,19)12(13,14)15/h4-6,17H,7H2,1-3H3. The third kappa shape index (κ3) is 4.54. The number of rotatable bonds is 6. The van der Waals surface area contributed by atoms with Crippen molar-refractivity contribution in [2.75, 3.05) is 16.9 Å². The number of hydrogen-bond acceptors (Lipinski definition) is 5. The van der Waals surface area contributed by atoms with E-state index in [-0.39, 0.29) is 22.9 Å². The number of aryl methyl sites for hydroxylation is 1. The number of hydrogen-bond donors (Lipinski definition) is 1. The van der Waals surface area contributed by atoms with Gasteiger partial charge in [-0.25, -0.2) is 0 Å². The van der Waals surface area contributed by atoms with Gasteiger partial charge in [-0.1, -0.05) is 23.4 Å². The molecule has 0 aliphatic carbocycles. The van der Waals surface area contributed by atoms with Crippen LogP contribution in [0.4, 0.5) is 18.9 Å². The van der Waals surface area contributed by atoms with Crippen molar-refractivity contribution in [1.29, 1.82) is 0 Å². The average molecular weight is 356 g/mol. The van der Waals surface area contributed by atoms with E-state index in [2.05, 4.69) is 5.16 Å². The number of nitrogens with one attached hydrogen (secondary N) is 1. The monoisotopic (exact) mass is 356 g/mol. The molecule has 0 aliphatic heterocycles. The van der Waals surface area contributed by atoms with Gasteiger partial charge < -0.3 is 4.84 Å². The maximum Gasteiger partial charge on any atom is 0.516 e. The minimum absolute atomic E-state index is 0.172. The van der Waals surface area contributed by atoms with E-state index in [1.165, 1.54) is 37.7 Å². The Morgan fingerprint density at radius 3 is 2.59 bits per heavy atom. The van der Waals surface area contributed by atoms with E-state index in [0.717, 1.165) is 0 Å². The summed E-state index contributed by atoms with van der Waals surface area (Å²) in [5.74, 6) is 0.271. The number of halogens is 3. The Morgan fingerprint density at radius 2 is 2.05 bits per heavy atom. The van der Waals surface area contributed by atoms with Crippen molar-refractivity contribution in [3.63, 3.8) is 0 Å². The Labute approximate surface area is 131 Å². The number of para-hydroxylation sites is 1. The van der Waals surface area contributed by atoms with E-state index < -0.39 is 15.5 Å². The lowest BCUT2D eigenvalue weighted by atomic mass is 10.1. The summed E-state index contributed by atoms with van der Waals surface area (Å²) < 4.78 is 61.7. The van der Waals surface area contributed by atoms with Gasteiger partial charge in [0, 0.05) is 5.56 Å². The second kappa shape index (κ2) is 7.23. The van der Waals surface area contributed by atoms with Crippen LogP contribution in [0.2, 0.25) is 0 Å². The maximum atomic E-state index is 12.5. The van der Waals surface area contributed by atoms with Gasteiger partial charge in [-0.3, -0.25) is 4.72 Å². The molecule has 0 aromatic heterocycles. The largest absolute Gasteiger partial charge is 0.516 e. The van der Waals surface area contributed by atoms with Gasteiger partial charge >= 0.3 is 15.5 Å². The second-order valence-corrected chi connectivity index (χ2v) is 6.75. The fourth-order valence-corrected chi connectivity index (χ4v) is 2.34. The molecule has 5 nitrogen and oxygen atoms in total. The molecule has 0 radical (unpaired) electrons. The van der Waals surface area contributed by atoms with Crippen molar-refractivity contribution in [1.82, 2.24) is 0 Å². The number of oxime groups is 1. The Balaban J connectivity index is 3.24. The quantitative estimate of drug-likeness (QED) is 0.367. The Hall–Kier alpha value is -1.42. The zero-order valence-electron chi connectivity index (χ0n) is 12.1. The Bertz CT molecular complexity index is 658. The van der Waals surface area contributed by atoms with Crippen molar-refractivity contribution in [2.24, 2.45) is 5.16 Å². The summed E-state index contributed by atoms with van der Waals surface area (Å²) >= 11 is 1.37. The molecular weight excluding hydrogens is 341 g/mol. The zero-order chi connectivity index (χ0) is 17.0. The zero-order valence-corrected chi connectivity index (χ0v) is 13.7. The molecule has 0 saturated heterocycles. The van der Waals surface area contributed by atoms with Crippen LogP contribution >= 0.6 is 11.8 Å². The molecule has 0 amide bonds. The highest BCUT2D eigenvalue weighted by molar-refractivity contribution is 7.98.